The molecule has 9 heteroatoms. The molecule has 2 amide bonds. The maximum atomic E-state index is 14.0. The summed E-state index contributed by atoms with van der Waals surface area (Å²) in [5.41, 5.74) is 6.91. The second kappa shape index (κ2) is 11.3. The van der Waals surface area contributed by atoms with Crippen molar-refractivity contribution in [2.24, 2.45) is 0 Å². The Bertz CT molecular complexity index is 1730. The van der Waals surface area contributed by atoms with E-state index in [-0.39, 0.29) is 5.69 Å². The maximum Gasteiger partial charge on any atom is 0.322 e. The van der Waals surface area contributed by atoms with Crippen molar-refractivity contribution in [1.29, 1.82) is 0 Å². The fourth-order valence-electron chi connectivity index (χ4n) is 5.15. The normalized spacial score (nSPS) is 14.0. The third-order valence-corrected chi connectivity index (χ3v) is 7.76. The van der Waals surface area contributed by atoms with E-state index in [9.17, 15) is 13.6 Å². The first-order valence-corrected chi connectivity index (χ1v) is 13.8. The van der Waals surface area contributed by atoms with E-state index >= 15 is 0 Å². The average Bonchev–Trinajstić information content (AvgIpc) is 3.33. The molecule has 1 aliphatic rings. The molecule has 6 nitrogen and oxygen atoms in total. The molecule has 3 aromatic carbocycles. The number of hydrogen-bond donors (Lipinski definition) is 1. The number of amides is 2. The largest absolute Gasteiger partial charge is 0.322 e. The number of aromatic nitrogens is 2. The van der Waals surface area contributed by atoms with Crippen LogP contribution in [0.25, 0.3) is 28.0 Å². The molecule has 0 atom stereocenters. The lowest BCUT2D eigenvalue weighted by molar-refractivity contribution is 0.142. The number of fused-ring (bicyclic) bond motifs is 1. The molecule has 0 bridgehead atoms. The zero-order valence-electron chi connectivity index (χ0n) is 22.4. The number of nitrogens with zero attached hydrogens (tertiary/aromatic N) is 4. The van der Waals surface area contributed by atoms with Crippen molar-refractivity contribution < 1.29 is 13.6 Å². The van der Waals surface area contributed by atoms with Crippen LogP contribution in [-0.2, 0) is 6.54 Å². The smallest absolute Gasteiger partial charge is 0.322 e. The van der Waals surface area contributed by atoms with Gasteiger partial charge in [-0.15, -0.1) is 0 Å². The molecule has 0 saturated carbocycles. The Morgan fingerprint density at radius 3 is 2.39 bits per heavy atom. The zero-order valence-corrected chi connectivity index (χ0v) is 23.2. The highest BCUT2D eigenvalue weighted by Gasteiger charge is 2.24. The van der Waals surface area contributed by atoms with Crippen LogP contribution >= 0.6 is 11.6 Å². The number of benzene rings is 3. The summed E-state index contributed by atoms with van der Waals surface area (Å²) >= 11 is 6.52. The van der Waals surface area contributed by atoms with Crippen molar-refractivity contribution in [3.05, 3.63) is 113 Å². The number of piperazine rings is 1. The Kier molecular flexibility index (Phi) is 7.43. The van der Waals surface area contributed by atoms with Gasteiger partial charge in [-0.05, 0) is 42.8 Å². The number of urea groups is 1. The number of nitrogens with one attached hydrogen (secondary N) is 1. The third kappa shape index (κ3) is 5.66. The van der Waals surface area contributed by atoms with Crippen LogP contribution in [0.5, 0.6) is 0 Å². The number of imidazole rings is 1. The van der Waals surface area contributed by atoms with Gasteiger partial charge in [0.1, 0.15) is 17.3 Å². The molecule has 3 heterocycles. The lowest BCUT2D eigenvalue weighted by atomic mass is 10.1. The van der Waals surface area contributed by atoms with Crippen LogP contribution in [-0.4, -0.2) is 51.4 Å². The van der Waals surface area contributed by atoms with Gasteiger partial charge in [0.25, 0.3) is 0 Å². The second-order valence-corrected chi connectivity index (χ2v) is 10.6. The Hall–Kier alpha value is -4.27. The van der Waals surface area contributed by atoms with E-state index in [1.165, 1.54) is 11.6 Å². The lowest BCUT2D eigenvalue weighted by Gasteiger charge is -2.34. The molecular formula is C32H28ClF2N5O. The number of hydrogen-bond acceptors (Lipinski definition) is 3. The first-order valence-electron chi connectivity index (χ1n) is 13.4. The molecule has 6 rings (SSSR count). The topological polar surface area (TPSA) is 52.9 Å². The summed E-state index contributed by atoms with van der Waals surface area (Å²) in [6.07, 6.45) is 2.08. The molecule has 41 heavy (non-hydrogen) atoms. The van der Waals surface area contributed by atoms with Crippen molar-refractivity contribution in [2.45, 2.75) is 13.5 Å². The molecule has 208 valence electrons. The van der Waals surface area contributed by atoms with Gasteiger partial charge in [-0.2, -0.15) is 0 Å². The van der Waals surface area contributed by atoms with Crippen molar-refractivity contribution in [3.63, 3.8) is 0 Å². The van der Waals surface area contributed by atoms with Gasteiger partial charge < -0.3 is 14.6 Å². The highest BCUT2D eigenvalue weighted by atomic mass is 35.5. The van der Waals surface area contributed by atoms with Crippen LogP contribution in [0.2, 0.25) is 5.02 Å². The number of pyridine rings is 1. The van der Waals surface area contributed by atoms with Gasteiger partial charge in [-0.3, -0.25) is 4.90 Å². The minimum Gasteiger partial charge on any atom is -0.322 e. The van der Waals surface area contributed by atoms with Gasteiger partial charge in [-0.1, -0.05) is 59.6 Å². The van der Waals surface area contributed by atoms with Gasteiger partial charge >= 0.3 is 6.03 Å². The van der Waals surface area contributed by atoms with E-state index in [1.807, 2.05) is 36.4 Å². The maximum absolute atomic E-state index is 14.0. The third-order valence-electron chi connectivity index (χ3n) is 7.43. The molecule has 0 spiro atoms. The number of halogens is 3. The molecule has 5 aromatic rings. The van der Waals surface area contributed by atoms with Gasteiger partial charge in [0.2, 0.25) is 0 Å². The van der Waals surface area contributed by atoms with Crippen LogP contribution in [0.4, 0.5) is 19.3 Å². The Morgan fingerprint density at radius 2 is 1.66 bits per heavy atom. The minimum absolute atomic E-state index is 0.0402. The van der Waals surface area contributed by atoms with Crippen LogP contribution in [0.1, 0.15) is 11.3 Å². The van der Waals surface area contributed by atoms with Gasteiger partial charge in [-0.25, -0.2) is 18.6 Å². The first kappa shape index (κ1) is 26.9. The highest BCUT2D eigenvalue weighted by molar-refractivity contribution is 6.33. The van der Waals surface area contributed by atoms with E-state index in [0.29, 0.717) is 37.7 Å². The fourth-order valence-corrected chi connectivity index (χ4v) is 5.39. The number of aryl methyl sites for hydroxylation is 1. The predicted octanol–water partition coefficient (Wildman–Crippen LogP) is 7.26. The first-order chi connectivity index (χ1) is 19.9. The molecule has 0 aliphatic carbocycles. The number of anilines is 1. The van der Waals surface area contributed by atoms with Gasteiger partial charge in [0.15, 0.2) is 0 Å². The molecule has 0 unspecified atom stereocenters. The van der Waals surface area contributed by atoms with Gasteiger partial charge in [0, 0.05) is 61.1 Å². The summed E-state index contributed by atoms with van der Waals surface area (Å²) in [5.74, 6) is -1.49. The van der Waals surface area contributed by atoms with Crippen molar-refractivity contribution in [3.8, 4) is 22.4 Å². The molecule has 1 aliphatic heterocycles. The molecule has 1 N–H and O–H groups in total. The summed E-state index contributed by atoms with van der Waals surface area (Å²) in [6, 6.07) is 22.9. The van der Waals surface area contributed by atoms with E-state index in [4.69, 9.17) is 16.6 Å². The Labute approximate surface area is 241 Å². The summed E-state index contributed by atoms with van der Waals surface area (Å²) in [5, 5.41) is 3.24. The molecule has 2 aromatic heterocycles. The van der Waals surface area contributed by atoms with Crippen molar-refractivity contribution >= 4 is 29.0 Å². The summed E-state index contributed by atoms with van der Waals surface area (Å²) in [6.45, 7) is 4.88. The van der Waals surface area contributed by atoms with E-state index in [2.05, 4.69) is 52.0 Å². The average molecular weight is 572 g/mol. The monoisotopic (exact) mass is 571 g/mol. The molecular weight excluding hydrogens is 544 g/mol. The number of carbonyl (C=O) groups is 1. The SMILES string of the molecule is Cc1ccc(-c2nc3ccc(-c4ccccc4Cl)cn3c2CN2CCN(C(=O)Nc3ccc(F)cc3F)CC2)cc1. The Morgan fingerprint density at radius 1 is 0.927 bits per heavy atom. The van der Waals surface area contributed by atoms with E-state index in [1.54, 1.807) is 4.90 Å². The van der Waals surface area contributed by atoms with E-state index < -0.39 is 17.7 Å². The van der Waals surface area contributed by atoms with Crippen LogP contribution in [0.3, 0.4) is 0 Å². The zero-order chi connectivity index (χ0) is 28.5. The Balaban J connectivity index is 1.25. The van der Waals surface area contributed by atoms with Crippen molar-refractivity contribution in [2.75, 3.05) is 31.5 Å². The van der Waals surface area contributed by atoms with E-state index in [0.717, 1.165) is 45.9 Å². The predicted molar refractivity (Wildman–Crippen MR) is 158 cm³/mol. The number of carbonyl (C=O) groups excluding carboxylic acids is 1. The standard InChI is InChI=1S/C32H28ClF2N5O/c1-21-6-8-22(9-7-21)31-29(40-19-23(10-13-30(40)37-31)25-4-2-3-5-26(25)33)20-38-14-16-39(17-15-38)32(41)36-28-12-11-24(34)18-27(28)35/h2-13,18-19H,14-17,20H2,1H3,(H,36,41). The van der Waals surface area contributed by atoms with Crippen molar-refractivity contribution in [1.82, 2.24) is 19.2 Å². The minimum atomic E-state index is -0.801. The summed E-state index contributed by atoms with van der Waals surface area (Å²) in [7, 11) is 0. The second-order valence-electron chi connectivity index (χ2n) is 10.2. The summed E-state index contributed by atoms with van der Waals surface area (Å²) in [4.78, 5) is 21.7. The summed E-state index contributed by atoms with van der Waals surface area (Å²) < 4.78 is 29.4. The molecule has 0 radical (unpaired) electrons. The highest BCUT2D eigenvalue weighted by Crippen LogP contribution is 2.31. The molecule has 1 fully saturated rings. The molecule has 1 saturated heterocycles. The lowest BCUT2D eigenvalue weighted by Crippen LogP contribution is -2.49. The number of rotatable bonds is 5. The van der Waals surface area contributed by atoms with Crippen LogP contribution < -0.4 is 5.32 Å². The van der Waals surface area contributed by atoms with Crippen LogP contribution in [0.15, 0.2) is 85.1 Å². The van der Waals surface area contributed by atoms with Crippen LogP contribution in [0, 0.1) is 18.6 Å². The quantitative estimate of drug-likeness (QED) is 0.242. The van der Waals surface area contributed by atoms with Gasteiger partial charge in [0.05, 0.1) is 17.1 Å². The fraction of sp³-hybridized carbons (Fsp3) is 0.188.